The summed E-state index contributed by atoms with van der Waals surface area (Å²) in [6.07, 6.45) is -0.0602. The molecule has 14 heteroatoms. The highest BCUT2D eigenvalue weighted by Crippen LogP contribution is 2.39. The van der Waals surface area contributed by atoms with E-state index >= 15 is 0 Å². The molecule has 0 amide bonds. The number of aromatic nitrogens is 4. The molecule has 2 heterocycles. The lowest BCUT2D eigenvalue weighted by atomic mass is 10.1. The summed E-state index contributed by atoms with van der Waals surface area (Å²) in [6.45, 7) is -0.600. The predicted molar refractivity (Wildman–Crippen MR) is 124 cm³/mol. The van der Waals surface area contributed by atoms with Crippen LogP contribution in [0.25, 0.3) is 22.6 Å². The minimum Gasteiger partial charge on any atom is -0.493 e. The molecule has 0 radical (unpaired) electrons. The van der Waals surface area contributed by atoms with Crippen LogP contribution in [-0.4, -0.2) is 64.8 Å². The van der Waals surface area contributed by atoms with Crippen LogP contribution in [-0.2, 0) is 0 Å². The van der Waals surface area contributed by atoms with Gasteiger partial charge in [-0.05, 0) is 20.5 Å². The van der Waals surface area contributed by atoms with Gasteiger partial charge in [0.05, 0.1) is 23.9 Å². The van der Waals surface area contributed by atoms with Crippen LogP contribution < -0.4 is 10.1 Å². The second-order valence-corrected chi connectivity index (χ2v) is 7.75. The summed E-state index contributed by atoms with van der Waals surface area (Å²) >= 11 is 6.19. The third kappa shape index (κ3) is 7.84. The lowest BCUT2D eigenvalue weighted by Gasteiger charge is -2.17. The molecule has 0 aliphatic rings. The average Bonchev–Trinajstić information content (AvgIpc) is 2.76. The van der Waals surface area contributed by atoms with Gasteiger partial charge in [0.2, 0.25) is 0 Å². The molecule has 0 aliphatic heterocycles. The van der Waals surface area contributed by atoms with E-state index in [1.807, 2.05) is 24.3 Å². The van der Waals surface area contributed by atoms with Crippen molar-refractivity contribution in [3.63, 3.8) is 0 Å². The first-order chi connectivity index (χ1) is 16.0. The van der Waals surface area contributed by atoms with E-state index in [1.54, 1.807) is 0 Å². The molecule has 190 valence electrons. The van der Waals surface area contributed by atoms with E-state index in [4.69, 9.17) is 16.3 Å². The van der Waals surface area contributed by atoms with Crippen LogP contribution in [0.2, 0.25) is 5.15 Å². The smallest absolute Gasteiger partial charge is 0.405 e. The molecule has 1 N–H and O–H groups in total. The molecule has 1 aromatic carbocycles. The van der Waals surface area contributed by atoms with Crippen molar-refractivity contribution in [1.29, 1.82) is 0 Å². The summed E-state index contributed by atoms with van der Waals surface area (Å²) < 4.78 is 74.0. The number of hydrogen-bond donors (Lipinski definition) is 1. The SMILES string of the molecule is CN(C)CCCOc1cc(F)c(-c2c(Cl)nc(-c3cnccn3)nc2NCC(F)(F)F)c(F)c1.Cl. The number of halogens is 7. The van der Waals surface area contributed by atoms with Gasteiger partial charge in [0.25, 0.3) is 0 Å². The minimum atomic E-state index is -4.64. The molecule has 0 aliphatic carbocycles. The van der Waals surface area contributed by atoms with E-state index in [-0.39, 0.29) is 36.3 Å². The van der Waals surface area contributed by atoms with E-state index in [0.29, 0.717) is 13.0 Å². The Balaban J connectivity index is 0.00000432. The van der Waals surface area contributed by atoms with Crippen LogP contribution in [0.5, 0.6) is 5.75 Å². The molecule has 0 unspecified atom stereocenters. The second kappa shape index (κ2) is 12.2. The van der Waals surface area contributed by atoms with Gasteiger partial charge in [-0.2, -0.15) is 13.2 Å². The molecule has 0 bridgehead atoms. The fourth-order valence-electron chi connectivity index (χ4n) is 2.94. The van der Waals surface area contributed by atoms with Crippen LogP contribution in [0.3, 0.4) is 0 Å². The molecule has 0 saturated carbocycles. The Bertz CT molecular complexity index is 1110. The molecule has 35 heavy (non-hydrogen) atoms. The molecule has 3 rings (SSSR count). The molecule has 0 spiro atoms. The van der Waals surface area contributed by atoms with Gasteiger partial charge in [-0.1, -0.05) is 11.6 Å². The van der Waals surface area contributed by atoms with Gasteiger partial charge in [0.1, 0.15) is 40.6 Å². The number of ether oxygens (including phenoxy) is 1. The quantitative estimate of drug-likeness (QED) is 0.226. The van der Waals surface area contributed by atoms with Crippen molar-refractivity contribution < 1.29 is 26.7 Å². The topological polar surface area (TPSA) is 76.1 Å². The zero-order valence-corrected chi connectivity index (χ0v) is 20.1. The van der Waals surface area contributed by atoms with E-state index in [9.17, 15) is 22.0 Å². The zero-order valence-electron chi connectivity index (χ0n) is 18.5. The first kappa shape index (κ1) is 28.4. The lowest BCUT2D eigenvalue weighted by molar-refractivity contribution is -0.115. The molecular weight excluding hydrogens is 518 g/mol. The average molecular weight is 539 g/mol. The third-order valence-electron chi connectivity index (χ3n) is 4.40. The molecule has 7 nitrogen and oxygen atoms in total. The number of benzene rings is 1. The molecule has 0 fully saturated rings. The summed E-state index contributed by atoms with van der Waals surface area (Å²) in [4.78, 5) is 17.7. The number of hydrogen-bond acceptors (Lipinski definition) is 7. The van der Waals surface area contributed by atoms with Crippen molar-refractivity contribution in [3.05, 3.63) is 47.5 Å². The summed E-state index contributed by atoms with van der Waals surface area (Å²) in [5.74, 6) is -2.97. The van der Waals surface area contributed by atoms with Gasteiger partial charge in [-0.25, -0.2) is 23.7 Å². The van der Waals surface area contributed by atoms with Gasteiger partial charge < -0.3 is 15.0 Å². The summed E-state index contributed by atoms with van der Waals surface area (Å²) in [5, 5.41) is 1.57. The van der Waals surface area contributed by atoms with E-state index < -0.39 is 46.5 Å². The van der Waals surface area contributed by atoms with Crippen LogP contribution in [0.4, 0.5) is 27.8 Å². The predicted octanol–water partition coefficient (Wildman–Crippen LogP) is 5.26. The van der Waals surface area contributed by atoms with Crippen molar-refractivity contribution in [2.24, 2.45) is 0 Å². The van der Waals surface area contributed by atoms with Crippen molar-refractivity contribution in [2.75, 3.05) is 39.1 Å². The largest absolute Gasteiger partial charge is 0.493 e. The van der Waals surface area contributed by atoms with E-state index in [1.165, 1.54) is 18.6 Å². The van der Waals surface area contributed by atoms with Gasteiger partial charge in [-0.15, -0.1) is 12.4 Å². The molecule has 0 atom stereocenters. The Hall–Kier alpha value is -2.83. The first-order valence-electron chi connectivity index (χ1n) is 9.96. The summed E-state index contributed by atoms with van der Waals surface area (Å²) in [6, 6.07) is 1.85. The number of alkyl halides is 3. The second-order valence-electron chi connectivity index (χ2n) is 7.39. The third-order valence-corrected chi connectivity index (χ3v) is 4.67. The minimum absolute atomic E-state index is 0. The monoisotopic (exact) mass is 538 g/mol. The highest BCUT2D eigenvalue weighted by molar-refractivity contribution is 6.32. The lowest BCUT2D eigenvalue weighted by Crippen LogP contribution is -2.22. The van der Waals surface area contributed by atoms with Gasteiger partial charge in [0.15, 0.2) is 5.82 Å². The molecule has 3 aromatic rings. The Morgan fingerprint density at radius 2 is 1.74 bits per heavy atom. The van der Waals surface area contributed by atoms with Crippen molar-refractivity contribution in [1.82, 2.24) is 24.8 Å². The van der Waals surface area contributed by atoms with Crippen LogP contribution in [0.15, 0.2) is 30.7 Å². The van der Waals surface area contributed by atoms with Gasteiger partial charge in [-0.3, -0.25) is 4.98 Å². The van der Waals surface area contributed by atoms with E-state index in [0.717, 1.165) is 12.1 Å². The maximum absolute atomic E-state index is 15.0. The Morgan fingerprint density at radius 1 is 1.06 bits per heavy atom. The highest BCUT2D eigenvalue weighted by Gasteiger charge is 2.30. The molecular formula is C21H21Cl2F5N6O. The fraction of sp³-hybridized carbons (Fsp3) is 0.333. The van der Waals surface area contributed by atoms with Crippen LogP contribution >= 0.6 is 24.0 Å². The van der Waals surface area contributed by atoms with Gasteiger partial charge in [0, 0.05) is 31.1 Å². The highest BCUT2D eigenvalue weighted by atomic mass is 35.5. The fourth-order valence-corrected chi connectivity index (χ4v) is 3.20. The maximum Gasteiger partial charge on any atom is 0.405 e. The van der Waals surface area contributed by atoms with Crippen LogP contribution in [0.1, 0.15) is 6.42 Å². The standard InChI is InChI=1S/C21H20ClF5N6O.ClH/c1-33(2)6-3-7-34-12-8-13(23)16(14(24)9-12)17-18(22)31-19(15-10-28-4-5-29-15)32-20(17)30-11-21(25,26)27;/h4-5,8-10H,3,6-7,11H2,1-2H3,(H,30,31,32);1H. The first-order valence-corrected chi connectivity index (χ1v) is 10.3. The van der Waals surface area contributed by atoms with Crippen molar-refractivity contribution >= 4 is 29.8 Å². The van der Waals surface area contributed by atoms with Crippen molar-refractivity contribution in [2.45, 2.75) is 12.6 Å². The number of rotatable bonds is 9. The number of anilines is 1. The van der Waals surface area contributed by atoms with Gasteiger partial charge >= 0.3 is 6.18 Å². The zero-order chi connectivity index (χ0) is 24.9. The van der Waals surface area contributed by atoms with Crippen LogP contribution in [0, 0.1) is 11.6 Å². The van der Waals surface area contributed by atoms with E-state index in [2.05, 4.69) is 19.9 Å². The number of nitrogens with one attached hydrogen (secondary N) is 1. The maximum atomic E-state index is 15.0. The normalized spacial score (nSPS) is 11.3. The summed E-state index contributed by atoms with van der Waals surface area (Å²) in [7, 11) is 3.75. The Morgan fingerprint density at radius 3 is 2.31 bits per heavy atom. The Labute approximate surface area is 209 Å². The molecule has 2 aromatic heterocycles. The Kier molecular flexibility index (Phi) is 9.92. The molecule has 0 saturated heterocycles. The summed E-state index contributed by atoms with van der Waals surface area (Å²) in [5.41, 5.74) is -1.05. The number of nitrogens with zero attached hydrogens (tertiary/aromatic N) is 5. The van der Waals surface area contributed by atoms with Crippen molar-refractivity contribution in [3.8, 4) is 28.4 Å².